The van der Waals surface area contributed by atoms with Gasteiger partial charge in [0, 0.05) is 31.4 Å². The molecule has 2 unspecified atom stereocenters. The molecule has 2 aliphatic rings. The third-order valence-electron chi connectivity index (χ3n) is 5.79. The van der Waals surface area contributed by atoms with Gasteiger partial charge in [-0.1, -0.05) is 11.6 Å². The van der Waals surface area contributed by atoms with E-state index in [2.05, 4.69) is 30.3 Å². The SMILES string of the molecule is FC(F)(F)COc1cccn2nc(NC3C4CCC3CN(c3cc(Cl)ncn3)C4)nc12. The van der Waals surface area contributed by atoms with Gasteiger partial charge in [0.1, 0.15) is 17.3 Å². The molecule has 1 saturated heterocycles. The van der Waals surface area contributed by atoms with Crippen LogP contribution in [0.5, 0.6) is 5.75 Å². The first-order valence-electron chi connectivity index (χ1n) is 9.90. The minimum absolute atomic E-state index is 0.0406. The number of aromatic nitrogens is 5. The molecule has 8 nitrogen and oxygen atoms in total. The van der Waals surface area contributed by atoms with Gasteiger partial charge >= 0.3 is 6.18 Å². The number of pyridine rings is 1. The van der Waals surface area contributed by atoms with Crippen LogP contribution in [0.25, 0.3) is 5.65 Å². The van der Waals surface area contributed by atoms with Crippen LogP contribution in [-0.4, -0.2) is 56.5 Å². The van der Waals surface area contributed by atoms with E-state index in [-0.39, 0.29) is 17.4 Å². The minimum atomic E-state index is -4.42. The summed E-state index contributed by atoms with van der Waals surface area (Å²) < 4.78 is 43.9. The molecule has 12 heteroatoms. The van der Waals surface area contributed by atoms with Crippen molar-refractivity contribution in [1.29, 1.82) is 0 Å². The van der Waals surface area contributed by atoms with Crippen LogP contribution in [0.4, 0.5) is 24.9 Å². The fraction of sp³-hybridized carbons (Fsp3) is 0.474. The Balaban J connectivity index is 1.31. The first kappa shape index (κ1) is 20.1. The second-order valence-electron chi connectivity index (χ2n) is 7.85. The van der Waals surface area contributed by atoms with Gasteiger partial charge in [0.05, 0.1) is 0 Å². The van der Waals surface area contributed by atoms with Crippen LogP contribution >= 0.6 is 11.6 Å². The molecule has 4 heterocycles. The number of halogens is 4. The van der Waals surface area contributed by atoms with E-state index in [1.54, 1.807) is 18.3 Å². The Kier molecular flexibility index (Phi) is 4.99. The van der Waals surface area contributed by atoms with Gasteiger partial charge in [-0.05, 0) is 36.8 Å². The van der Waals surface area contributed by atoms with E-state index in [9.17, 15) is 13.2 Å². The summed E-state index contributed by atoms with van der Waals surface area (Å²) in [5.74, 6) is 1.95. The van der Waals surface area contributed by atoms with Crippen molar-refractivity contribution < 1.29 is 17.9 Å². The van der Waals surface area contributed by atoms with Gasteiger partial charge in [-0.15, -0.1) is 5.10 Å². The predicted octanol–water partition coefficient (Wildman–Crippen LogP) is 3.44. The molecule has 1 N–H and O–H groups in total. The third-order valence-corrected chi connectivity index (χ3v) is 6.00. The first-order valence-corrected chi connectivity index (χ1v) is 10.3. The smallest absolute Gasteiger partial charge is 0.422 e. The Labute approximate surface area is 180 Å². The predicted molar refractivity (Wildman–Crippen MR) is 107 cm³/mol. The average Bonchev–Trinajstić information content (AvgIpc) is 3.22. The lowest BCUT2D eigenvalue weighted by molar-refractivity contribution is -0.153. The minimum Gasteiger partial charge on any atom is -0.480 e. The molecule has 2 fully saturated rings. The number of piperidine rings is 1. The highest BCUT2D eigenvalue weighted by molar-refractivity contribution is 6.29. The molecule has 3 aromatic rings. The zero-order chi connectivity index (χ0) is 21.6. The summed E-state index contributed by atoms with van der Waals surface area (Å²) in [6, 6.07) is 4.97. The lowest BCUT2D eigenvalue weighted by Gasteiger charge is -2.38. The van der Waals surface area contributed by atoms with E-state index in [1.165, 1.54) is 16.9 Å². The largest absolute Gasteiger partial charge is 0.480 e. The molecule has 31 heavy (non-hydrogen) atoms. The second-order valence-corrected chi connectivity index (χ2v) is 8.24. The van der Waals surface area contributed by atoms with E-state index < -0.39 is 12.8 Å². The molecule has 0 spiro atoms. The van der Waals surface area contributed by atoms with Crippen molar-refractivity contribution in [3.8, 4) is 5.75 Å². The molecule has 5 rings (SSSR count). The van der Waals surface area contributed by atoms with Gasteiger partial charge in [0.25, 0.3) is 0 Å². The second kappa shape index (κ2) is 7.70. The number of ether oxygens (including phenoxy) is 1. The van der Waals surface area contributed by atoms with E-state index in [4.69, 9.17) is 16.3 Å². The number of hydrogen-bond donors (Lipinski definition) is 1. The molecule has 2 bridgehead atoms. The summed E-state index contributed by atoms with van der Waals surface area (Å²) in [6.07, 6.45) is 0.790. The normalized spacial score (nSPS) is 23.4. The van der Waals surface area contributed by atoms with Crippen LogP contribution in [0.15, 0.2) is 30.7 Å². The van der Waals surface area contributed by atoms with E-state index in [1.807, 2.05) is 0 Å². The van der Waals surface area contributed by atoms with Gasteiger partial charge < -0.3 is 15.0 Å². The maximum absolute atomic E-state index is 12.5. The summed E-state index contributed by atoms with van der Waals surface area (Å²) in [5.41, 5.74) is 0.245. The zero-order valence-electron chi connectivity index (χ0n) is 16.3. The standard InChI is InChI=1S/C19H19ClF3N7O/c20-14-6-15(25-10-24-14)29-7-11-3-4-12(8-29)16(11)26-18-27-17-13(31-9-19(21,22)23)2-1-5-30(17)28-18/h1-2,5-6,10-12,16H,3-4,7-9H2,(H,26,28). The Bertz CT molecular complexity index is 1080. The first-order chi connectivity index (χ1) is 14.9. The van der Waals surface area contributed by atoms with E-state index in [0.717, 1.165) is 31.7 Å². The van der Waals surface area contributed by atoms with Crippen LogP contribution in [0, 0.1) is 11.8 Å². The van der Waals surface area contributed by atoms with Crippen LogP contribution in [0.3, 0.4) is 0 Å². The van der Waals surface area contributed by atoms with Crippen molar-refractivity contribution in [2.45, 2.75) is 25.1 Å². The van der Waals surface area contributed by atoms with Gasteiger partial charge in [0.15, 0.2) is 18.0 Å². The monoisotopic (exact) mass is 453 g/mol. The summed E-state index contributed by atoms with van der Waals surface area (Å²) >= 11 is 6.01. The molecular weight excluding hydrogens is 435 g/mol. The van der Waals surface area contributed by atoms with Crippen molar-refractivity contribution in [3.05, 3.63) is 35.9 Å². The van der Waals surface area contributed by atoms with Gasteiger partial charge in [-0.25, -0.2) is 14.5 Å². The third kappa shape index (κ3) is 4.18. The number of anilines is 2. The van der Waals surface area contributed by atoms with Crippen LogP contribution in [0.1, 0.15) is 12.8 Å². The summed E-state index contributed by atoms with van der Waals surface area (Å²) in [4.78, 5) is 14.9. The molecule has 1 aliphatic heterocycles. The van der Waals surface area contributed by atoms with Crippen molar-refractivity contribution >= 4 is 29.0 Å². The molecule has 3 aromatic heterocycles. The maximum atomic E-state index is 12.5. The van der Waals surface area contributed by atoms with Gasteiger partial charge in [-0.2, -0.15) is 18.2 Å². The number of nitrogens with one attached hydrogen (secondary N) is 1. The molecule has 0 amide bonds. The average molecular weight is 454 g/mol. The van der Waals surface area contributed by atoms with Crippen molar-refractivity contribution in [2.75, 3.05) is 29.9 Å². The van der Waals surface area contributed by atoms with Crippen molar-refractivity contribution in [3.63, 3.8) is 0 Å². The number of rotatable bonds is 5. The molecule has 0 aromatic carbocycles. The fourth-order valence-corrected chi connectivity index (χ4v) is 4.65. The van der Waals surface area contributed by atoms with Crippen LogP contribution < -0.4 is 15.0 Å². The Morgan fingerprint density at radius 1 is 1.19 bits per heavy atom. The molecule has 164 valence electrons. The topological polar surface area (TPSA) is 80.5 Å². The molecule has 1 saturated carbocycles. The van der Waals surface area contributed by atoms with Crippen LogP contribution in [-0.2, 0) is 0 Å². The molecule has 0 radical (unpaired) electrons. The lowest BCUT2D eigenvalue weighted by atomic mass is 9.92. The Morgan fingerprint density at radius 3 is 2.68 bits per heavy atom. The summed E-state index contributed by atoms with van der Waals surface area (Å²) in [7, 11) is 0. The van der Waals surface area contributed by atoms with Crippen molar-refractivity contribution in [1.82, 2.24) is 24.6 Å². The Morgan fingerprint density at radius 2 is 1.97 bits per heavy atom. The highest BCUT2D eigenvalue weighted by atomic mass is 35.5. The fourth-order valence-electron chi connectivity index (χ4n) is 4.51. The van der Waals surface area contributed by atoms with Gasteiger partial charge in [-0.3, -0.25) is 0 Å². The van der Waals surface area contributed by atoms with Crippen LogP contribution in [0.2, 0.25) is 5.15 Å². The lowest BCUT2D eigenvalue weighted by Crippen LogP contribution is -2.48. The van der Waals surface area contributed by atoms with E-state index >= 15 is 0 Å². The molecule has 1 aliphatic carbocycles. The van der Waals surface area contributed by atoms with Crippen molar-refractivity contribution in [2.24, 2.45) is 11.8 Å². The molecule has 2 atom stereocenters. The number of alkyl halides is 3. The number of hydrogen-bond acceptors (Lipinski definition) is 7. The molecular formula is C19H19ClF3N7O. The number of nitrogens with zero attached hydrogens (tertiary/aromatic N) is 6. The Hall–Kier alpha value is -2.82. The van der Waals surface area contributed by atoms with Gasteiger partial charge in [0.2, 0.25) is 5.95 Å². The highest BCUT2D eigenvalue weighted by Gasteiger charge is 2.43. The van der Waals surface area contributed by atoms with E-state index in [0.29, 0.717) is 22.9 Å². The zero-order valence-corrected chi connectivity index (χ0v) is 17.0. The summed E-state index contributed by atoms with van der Waals surface area (Å²) in [6.45, 7) is 0.252. The highest BCUT2D eigenvalue weighted by Crippen LogP contribution is 2.39. The summed E-state index contributed by atoms with van der Waals surface area (Å²) in [5, 5.41) is 8.20. The number of fused-ring (bicyclic) bond motifs is 3. The quantitative estimate of drug-likeness (QED) is 0.593. The maximum Gasteiger partial charge on any atom is 0.422 e.